The Kier molecular flexibility index (Phi) is 2.87. The highest BCUT2D eigenvalue weighted by molar-refractivity contribution is 5.84. The van der Waals surface area contributed by atoms with E-state index in [9.17, 15) is 4.79 Å². The van der Waals surface area contributed by atoms with Gasteiger partial charge in [-0.15, -0.1) is 0 Å². The van der Waals surface area contributed by atoms with Crippen LogP contribution in [0.2, 0.25) is 0 Å². The first-order valence-corrected chi connectivity index (χ1v) is 3.88. The van der Waals surface area contributed by atoms with Gasteiger partial charge in [-0.3, -0.25) is 0 Å². The van der Waals surface area contributed by atoms with Crippen molar-refractivity contribution in [2.45, 2.75) is 0 Å². The van der Waals surface area contributed by atoms with Gasteiger partial charge in [-0.2, -0.15) is 0 Å². The van der Waals surface area contributed by atoms with Gasteiger partial charge in [0, 0.05) is 14.1 Å². The van der Waals surface area contributed by atoms with Gasteiger partial charge in [0.25, 0.3) is 0 Å². The molecule has 0 heterocycles. The Morgan fingerprint density at radius 3 is 2.15 bits per heavy atom. The van der Waals surface area contributed by atoms with E-state index < -0.39 is 6.09 Å². The number of carboxylic acid groups (broad SMARTS) is 1. The molecule has 4 heteroatoms. The Hall–Kier alpha value is -1.55. The van der Waals surface area contributed by atoms with Crippen molar-refractivity contribution < 1.29 is 9.90 Å². The van der Waals surface area contributed by atoms with Crippen LogP contribution in [0, 0.1) is 0 Å². The number of nitrogens with zero attached hydrogens (tertiary/aromatic N) is 2. The largest absolute Gasteiger partial charge is 0.464 e. The Morgan fingerprint density at radius 2 is 1.77 bits per heavy atom. The van der Waals surface area contributed by atoms with E-state index in [0.29, 0.717) is 5.69 Å². The number of para-hydroxylation sites is 1. The normalized spacial score (nSPS) is 10.1. The molecule has 0 aliphatic heterocycles. The molecule has 0 fully saturated rings. The van der Waals surface area contributed by atoms with Gasteiger partial charge in [-0.05, 0) is 12.1 Å². The van der Waals surface area contributed by atoms with Crippen molar-refractivity contribution in [1.29, 1.82) is 0 Å². The van der Waals surface area contributed by atoms with Crippen LogP contribution in [0.1, 0.15) is 0 Å². The second-order valence-electron chi connectivity index (χ2n) is 2.78. The van der Waals surface area contributed by atoms with E-state index in [4.69, 9.17) is 5.11 Å². The van der Waals surface area contributed by atoms with Crippen molar-refractivity contribution in [1.82, 2.24) is 5.01 Å². The van der Waals surface area contributed by atoms with Gasteiger partial charge in [0.05, 0.1) is 5.69 Å². The monoisotopic (exact) mass is 180 g/mol. The third kappa shape index (κ3) is 2.19. The third-order valence-corrected chi connectivity index (χ3v) is 1.58. The predicted octanol–water partition coefficient (Wildman–Crippen LogP) is 1.65. The van der Waals surface area contributed by atoms with Crippen LogP contribution in [-0.4, -0.2) is 30.3 Å². The van der Waals surface area contributed by atoms with E-state index in [1.165, 1.54) is 10.0 Å². The summed E-state index contributed by atoms with van der Waals surface area (Å²) in [7, 11) is 3.36. The molecule has 0 radical (unpaired) electrons. The van der Waals surface area contributed by atoms with Crippen LogP contribution in [-0.2, 0) is 0 Å². The first kappa shape index (κ1) is 9.54. The molecule has 1 aromatic carbocycles. The third-order valence-electron chi connectivity index (χ3n) is 1.58. The van der Waals surface area contributed by atoms with Crippen molar-refractivity contribution in [3.8, 4) is 0 Å². The Labute approximate surface area is 77.0 Å². The van der Waals surface area contributed by atoms with Crippen molar-refractivity contribution in [2.75, 3.05) is 19.1 Å². The SMILES string of the molecule is CN(C)N(C(=O)O)c1ccccc1. The summed E-state index contributed by atoms with van der Waals surface area (Å²) in [4.78, 5) is 10.8. The molecule has 0 saturated heterocycles. The molecule has 0 atom stereocenters. The van der Waals surface area contributed by atoms with Gasteiger partial charge in [0.2, 0.25) is 0 Å². The van der Waals surface area contributed by atoms with Gasteiger partial charge >= 0.3 is 6.09 Å². The average molecular weight is 180 g/mol. The average Bonchev–Trinajstić information content (AvgIpc) is 2.04. The van der Waals surface area contributed by atoms with Crippen molar-refractivity contribution in [3.63, 3.8) is 0 Å². The molecule has 1 N–H and O–H groups in total. The molecule has 0 saturated carbocycles. The highest BCUT2D eigenvalue weighted by atomic mass is 16.4. The van der Waals surface area contributed by atoms with Gasteiger partial charge in [-0.1, -0.05) is 18.2 Å². The Morgan fingerprint density at radius 1 is 1.23 bits per heavy atom. The molecule has 1 aromatic rings. The number of rotatable bonds is 2. The number of benzene rings is 1. The summed E-state index contributed by atoms with van der Waals surface area (Å²) in [6.45, 7) is 0. The standard InChI is InChI=1S/C9H12N2O2/c1-10(2)11(9(12)13)8-6-4-3-5-7-8/h3-7H,1-2H3,(H,12,13). The van der Waals surface area contributed by atoms with Crippen molar-refractivity contribution >= 4 is 11.8 Å². The minimum Gasteiger partial charge on any atom is -0.464 e. The zero-order chi connectivity index (χ0) is 9.84. The maximum atomic E-state index is 10.8. The van der Waals surface area contributed by atoms with Crippen LogP contribution in [0.25, 0.3) is 0 Å². The van der Waals surface area contributed by atoms with Crippen molar-refractivity contribution in [2.24, 2.45) is 0 Å². The van der Waals surface area contributed by atoms with Gasteiger partial charge in [-0.25, -0.2) is 14.8 Å². The first-order chi connectivity index (χ1) is 6.13. The molecule has 1 amide bonds. The van der Waals surface area contributed by atoms with Gasteiger partial charge < -0.3 is 5.11 Å². The number of hydrogen-bond donors (Lipinski definition) is 1. The van der Waals surface area contributed by atoms with Crippen LogP contribution in [0.4, 0.5) is 10.5 Å². The highest BCUT2D eigenvalue weighted by Gasteiger charge is 2.15. The summed E-state index contributed by atoms with van der Waals surface area (Å²) in [6, 6.07) is 8.94. The van der Waals surface area contributed by atoms with E-state index in [0.717, 1.165) is 0 Å². The summed E-state index contributed by atoms with van der Waals surface area (Å²) >= 11 is 0. The molecule has 70 valence electrons. The van der Waals surface area contributed by atoms with Crippen LogP contribution < -0.4 is 5.01 Å². The Balaban J connectivity index is 2.96. The molecular formula is C9H12N2O2. The second-order valence-corrected chi connectivity index (χ2v) is 2.78. The minimum absolute atomic E-state index is 0.639. The molecule has 13 heavy (non-hydrogen) atoms. The quantitative estimate of drug-likeness (QED) is 0.704. The summed E-state index contributed by atoms with van der Waals surface area (Å²) < 4.78 is 0. The topological polar surface area (TPSA) is 43.8 Å². The van der Waals surface area contributed by atoms with E-state index in [-0.39, 0.29) is 0 Å². The van der Waals surface area contributed by atoms with E-state index in [1.54, 1.807) is 38.4 Å². The second kappa shape index (κ2) is 3.91. The summed E-state index contributed by atoms with van der Waals surface area (Å²) in [6.07, 6.45) is -0.990. The maximum absolute atomic E-state index is 10.8. The lowest BCUT2D eigenvalue weighted by atomic mass is 10.3. The summed E-state index contributed by atoms with van der Waals surface area (Å²) in [5.41, 5.74) is 0.639. The smallest absolute Gasteiger partial charge is 0.426 e. The Bertz CT molecular complexity index is 285. The van der Waals surface area contributed by atoms with Crippen LogP contribution in [0.15, 0.2) is 30.3 Å². The molecular weight excluding hydrogens is 168 g/mol. The van der Waals surface area contributed by atoms with Crippen LogP contribution in [0.5, 0.6) is 0 Å². The van der Waals surface area contributed by atoms with Gasteiger partial charge in [0.15, 0.2) is 0 Å². The summed E-state index contributed by atoms with van der Waals surface area (Å²) in [5.74, 6) is 0. The molecule has 4 nitrogen and oxygen atoms in total. The zero-order valence-electron chi connectivity index (χ0n) is 7.64. The number of carbonyl (C=O) groups is 1. The molecule has 0 bridgehead atoms. The van der Waals surface area contributed by atoms with E-state index >= 15 is 0 Å². The fraction of sp³-hybridized carbons (Fsp3) is 0.222. The number of anilines is 1. The molecule has 0 aliphatic carbocycles. The van der Waals surface area contributed by atoms with Crippen LogP contribution >= 0.6 is 0 Å². The van der Waals surface area contributed by atoms with E-state index in [1.807, 2.05) is 6.07 Å². The lowest BCUT2D eigenvalue weighted by Gasteiger charge is -2.25. The highest BCUT2D eigenvalue weighted by Crippen LogP contribution is 2.13. The van der Waals surface area contributed by atoms with E-state index in [2.05, 4.69) is 0 Å². The maximum Gasteiger partial charge on any atom is 0.426 e. The fourth-order valence-electron chi connectivity index (χ4n) is 1.08. The minimum atomic E-state index is -0.990. The van der Waals surface area contributed by atoms with Crippen molar-refractivity contribution in [3.05, 3.63) is 30.3 Å². The molecule has 0 aromatic heterocycles. The molecule has 0 unspecified atom stereocenters. The number of hydrazine groups is 1. The summed E-state index contributed by atoms with van der Waals surface area (Å²) in [5, 5.41) is 11.6. The molecule has 0 aliphatic rings. The predicted molar refractivity (Wildman–Crippen MR) is 50.6 cm³/mol. The van der Waals surface area contributed by atoms with Crippen LogP contribution in [0.3, 0.4) is 0 Å². The lowest BCUT2D eigenvalue weighted by molar-refractivity contribution is 0.184. The fourth-order valence-corrected chi connectivity index (χ4v) is 1.08. The first-order valence-electron chi connectivity index (χ1n) is 3.88. The number of amides is 1. The molecule has 1 rings (SSSR count). The number of hydrogen-bond acceptors (Lipinski definition) is 2. The lowest BCUT2D eigenvalue weighted by Crippen LogP contribution is -2.41. The molecule has 0 spiro atoms. The zero-order valence-corrected chi connectivity index (χ0v) is 7.64. The van der Waals surface area contributed by atoms with Gasteiger partial charge in [0.1, 0.15) is 0 Å².